The van der Waals surface area contributed by atoms with Gasteiger partial charge in [0.25, 0.3) is 0 Å². The third-order valence-electron chi connectivity index (χ3n) is 3.65. The van der Waals surface area contributed by atoms with Crippen LogP contribution in [0.4, 0.5) is 9.18 Å². The molecule has 25 heavy (non-hydrogen) atoms. The van der Waals surface area contributed by atoms with Crippen LogP contribution in [0.25, 0.3) is 0 Å². The molecule has 0 fully saturated rings. The molecular weight excluding hydrogens is 323 g/mol. The van der Waals surface area contributed by atoms with Gasteiger partial charge in [-0.2, -0.15) is 0 Å². The first kappa shape index (κ1) is 18.6. The maximum atomic E-state index is 13.7. The van der Waals surface area contributed by atoms with Crippen LogP contribution in [0.3, 0.4) is 0 Å². The van der Waals surface area contributed by atoms with E-state index in [0.29, 0.717) is 25.3 Å². The highest BCUT2D eigenvalue weighted by molar-refractivity contribution is 5.73. The molecule has 0 spiro atoms. The molecule has 0 saturated heterocycles. The molecule has 0 aromatic heterocycles. The number of carbonyl (C=O) groups is 1. The van der Waals surface area contributed by atoms with E-state index in [4.69, 9.17) is 9.47 Å². The Labute approximate surface area is 147 Å². The van der Waals surface area contributed by atoms with Crippen molar-refractivity contribution < 1.29 is 18.7 Å². The highest BCUT2D eigenvalue weighted by atomic mass is 19.1. The number of hydrogen-bond acceptors (Lipinski definition) is 3. The van der Waals surface area contributed by atoms with Crippen LogP contribution in [0.1, 0.15) is 11.1 Å². The fourth-order valence-corrected chi connectivity index (χ4v) is 2.25. The molecule has 1 N–H and O–H groups in total. The van der Waals surface area contributed by atoms with E-state index in [1.54, 1.807) is 19.2 Å². The Morgan fingerprint density at radius 3 is 2.56 bits per heavy atom. The Hall–Kier alpha value is -2.76. The maximum Gasteiger partial charge on any atom is 0.317 e. The molecule has 0 aliphatic rings. The van der Waals surface area contributed by atoms with E-state index in [-0.39, 0.29) is 11.8 Å². The minimum Gasteiger partial charge on any atom is -0.494 e. The zero-order chi connectivity index (χ0) is 18.2. The molecule has 5 nitrogen and oxygen atoms in total. The van der Waals surface area contributed by atoms with Crippen molar-refractivity contribution >= 4 is 6.03 Å². The second kappa shape index (κ2) is 8.92. The second-order valence-corrected chi connectivity index (χ2v) is 5.72. The van der Waals surface area contributed by atoms with Gasteiger partial charge in [0.2, 0.25) is 0 Å². The summed E-state index contributed by atoms with van der Waals surface area (Å²) in [7, 11) is 3.06. The molecular formula is C19H23FN2O3. The first-order chi connectivity index (χ1) is 12.0. The number of aryl methyl sites for hydroxylation is 1. The van der Waals surface area contributed by atoms with Crippen molar-refractivity contribution in [3.63, 3.8) is 0 Å². The molecule has 0 bridgehead atoms. The summed E-state index contributed by atoms with van der Waals surface area (Å²) in [4.78, 5) is 13.5. The normalized spacial score (nSPS) is 10.2. The zero-order valence-corrected chi connectivity index (χ0v) is 14.7. The van der Waals surface area contributed by atoms with Gasteiger partial charge >= 0.3 is 6.03 Å². The molecule has 0 aliphatic carbocycles. The van der Waals surface area contributed by atoms with Crippen molar-refractivity contribution in [2.45, 2.75) is 13.5 Å². The number of carbonyl (C=O) groups excluding carboxylic acids is 1. The predicted molar refractivity (Wildman–Crippen MR) is 94.5 cm³/mol. The fraction of sp³-hybridized carbons (Fsp3) is 0.316. The van der Waals surface area contributed by atoms with Crippen LogP contribution in [-0.4, -0.2) is 38.2 Å². The van der Waals surface area contributed by atoms with E-state index in [2.05, 4.69) is 5.32 Å². The van der Waals surface area contributed by atoms with Gasteiger partial charge < -0.3 is 19.7 Å². The van der Waals surface area contributed by atoms with E-state index in [1.165, 1.54) is 18.1 Å². The maximum absolute atomic E-state index is 13.7. The summed E-state index contributed by atoms with van der Waals surface area (Å²) in [6.07, 6.45) is 0. The lowest BCUT2D eigenvalue weighted by Crippen LogP contribution is -2.38. The highest BCUT2D eigenvalue weighted by Crippen LogP contribution is 2.18. The van der Waals surface area contributed by atoms with Crippen LogP contribution in [0.5, 0.6) is 11.5 Å². The first-order valence-corrected chi connectivity index (χ1v) is 8.00. The van der Waals surface area contributed by atoms with Gasteiger partial charge in [0.15, 0.2) is 11.6 Å². The van der Waals surface area contributed by atoms with Crippen molar-refractivity contribution in [2.24, 2.45) is 0 Å². The van der Waals surface area contributed by atoms with E-state index in [9.17, 15) is 9.18 Å². The summed E-state index contributed by atoms with van der Waals surface area (Å²) in [6, 6.07) is 12.1. The Morgan fingerprint density at radius 2 is 1.92 bits per heavy atom. The molecule has 2 rings (SSSR count). The average molecular weight is 346 g/mol. The van der Waals surface area contributed by atoms with Gasteiger partial charge in [0, 0.05) is 13.6 Å². The summed E-state index contributed by atoms with van der Waals surface area (Å²) >= 11 is 0. The molecule has 2 aromatic carbocycles. The number of hydrogen-bond donors (Lipinski definition) is 1. The van der Waals surface area contributed by atoms with Crippen molar-refractivity contribution in [3.8, 4) is 11.5 Å². The Kier molecular flexibility index (Phi) is 6.62. The molecule has 0 saturated carbocycles. The number of urea groups is 1. The average Bonchev–Trinajstić information content (AvgIpc) is 2.60. The fourth-order valence-electron chi connectivity index (χ4n) is 2.25. The van der Waals surface area contributed by atoms with Crippen molar-refractivity contribution in [2.75, 3.05) is 27.3 Å². The molecule has 0 atom stereocenters. The zero-order valence-electron chi connectivity index (χ0n) is 14.7. The summed E-state index contributed by atoms with van der Waals surface area (Å²) in [5.41, 5.74) is 1.85. The monoisotopic (exact) mass is 346 g/mol. The third-order valence-corrected chi connectivity index (χ3v) is 3.65. The molecule has 6 heteroatoms. The minimum absolute atomic E-state index is 0.184. The summed E-state index contributed by atoms with van der Waals surface area (Å²) in [6.45, 7) is 3.06. The predicted octanol–water partition coefficient (Wildman–Crippen LogP) is 3.36. The van der Waals surface area contributed by atoms with Gasteiger partial charge in [-0.3, -0.25) is 0 Å². The van der Waals surface area contributed by atoms with Gasteiger partial charge in [-0.25, -0.2) is 9.18 Å². The van der Waals surface area contributed by atoms with Crippen molar-refractivity contribution in [3.05, 3.63) is 59.4 Å². The Morgan fingerprint density at radius 1 is 1.20 bits per heavy atom. The molecule has 0 heterocycles. The van der Waals surface area contributed by atoms with Gasteiger partial charge in [0.1, 0.15) is 12.4 Å². The summed E-state index contributed by atoms with van der Waals surface area (Å²) in [5, 5.41) is 2.77. The van der Waals surface area contributed by atoms with Gasteiger partial charge in [0.05, 0.1) is 13.7 Å². The molecule has 0 unspecified atom stereocenters. The molecule has 2 amide bonds. The quantitative estimate of drug-likeness (QED) is 0.782. The number of ether oxygens (including phenoxy) is 2. The number of halogens is 1. The minimum atomic E-state index is -0.444. The van der Waals surface area contributed by atoms with Crippen LogP contribution in [0, 0.1) is 12.7 Å². The Bertz CT molecular complexity index is 704. The van der Waals surface area contributed by atoms with E-state index in [0.717, 1.165) is 11.3 Å². The molecule has 0 radical (unpaired) electrons. The number of nitrogens with one attached hydrogen (secondary N) is 1. The smallest absolute Gasteiger partial charge is 0.317 e. The summed E-state index contributed by atoms with van der Waals surface area (Å²) < 4.78 is 24.1. The number of benzene rings is 2. The topological polar surface area (TPSA) is 50.8 Å². The van der Waals surface area contributed by atoms with Crippen molar-refractivity contribution in [1.82, 2.24) is 10.2 Å². The van der Waals surface area contributed by atoms with Crippen LogP contribution < -0.4 is 14.8 Å². The number of amides is 2. The van der Waals surface area contributed by atoms with Crippen LogP contribution in [0.15, 0.2) is 42.5 Å². The molecule has 134 valence electrons. The van der Waals surface area contributed by atoms with Crippen LogP contribution in [0.2, 0.25) is 0 Å². The third kappa shape index (κ3) is 5.67. The number of methoxy groups -OCH3 is 1. The second-order valence-electron chi connectivity index (χ2n) is 5.72. The first-order valence-electron chi connectivity index (χ1n) is 8.00. The SMILES string of the molecule is COc1ccc(CN(C)C(=O)NCCOc2ccc(C)cc2)cc1F. The van der Waals surface area contributed by atoms with E-state index in [1.807, 2.05) is 31.2 Å². The van der Waals surface area contributed by atoms with Gasteiger partial charge in [-0.1, -0.05) is 23.8 Å². The number of rotatable bonds is 7. The highest BCUT2D eigenvalue weighted by Gasteiger charge is 2.10. The largest absolute Gasteiger partial charge is 0.494 e. The van der Waals surface area contributed by atoms with Crippen LogP contribution >= 0.6 is 0 Å². The lowest BCUT2D eigenvalue weighted by Gasteiger charge is -2.18. The number of nitrogens with zero attached hydrogens (tertiary/aromatic N) is 1. The van der Waals surface area contributed by atoms with E-state index < -0.39 is 5.82 Å². The lowest BCUT2D eigenvalue weighted by atomic mass is 10.2. The molecule has 0 aliphatic heterocycles. The van der Waals surface area contributed by atoms with Crippen LogP contribution in [-0.2, 0) is 6.54 Å². The van der Waals surface area contributed by atoms with Gasteiger partial charge in [-0.15, -0.1) is 0 Å². The molecule has 2 aromatic rings. The van der Waals surface area contributed by atoms with Crippen molar-refractivity contribution in [1.29, 1.82) is 0 Å². The standard InChI is InChI=1S/C19H23FN2O3/c1-14-4-7-16(8-5-14)25-11-10-21-19(23)22(2)13-15-6-9-18(24-3)17(20)12-15/h4-9,12H,10-11,13H2,1-3H3,(H,21,23). The van der Waals surface area contributed by atoms with E-state index >= 15 is 0 Å². The van der Waals surface area contributed by atoms with Gasteiger partial charge in [-0.05, 0) is 36.8 Å². The Balaban J connectivity index is 1.74. The summed E-state index contributed by atoms with van der Waals surface area (Å²) in [5.74, 6) is 0.506. The lowest BCUT2D eigenvalue weighted by molar-refractivity contribution is 0.203.